The number of carbonyl (C=O) groups is 1. The normalized spacial score (nSPS) is 15.5. The molecule has 1 saturated heterocycles. The molecule has 1 N–H and O–H groups in total. The molecule has 1 aromatic carbocycles. The zero-order chi connectivity index (χ0) is 16.9. The van der Waals surface area contributed by atoms with E-state index in [-0.39, 0.29) is 5.91 Å². The number of likely N-dealkylation sites (N-methyl/N-ethyl adjacent to an activating group) is 1. The first-order valence-corrected chi connectivity index (χ1v) is 8.49. The van der Waals surface area contributed by atoms with E-state index in [1.807, 2.05) is 31.2 Å². The van der Waals surface area contributed by atoms with E-state index in [2.05, 4.69) is 34.3 Å². The minimum atomic E-state index is 0.0106. The molecule has 1 fully saturated rings. The lowest BCUT2D eigenvalue weighted by Gasteiger charge is -2.34. The molecule has 2 aromatic rings. The van der Waals surface area contributed by atoms with Gasteiger partial charge < -0.3 is 19.5 Å². The number of hydrogen-bond acceptors (Lipinski definition) is 4. The number of hydrogen-bond donors (Lipinski definition) is 1. The predicted molar refractivity (Wildman–Crippen MR) is 96.5 cm³/mol. The average Bonchev–Trinajstić information content (AvgIpc) is 3.00. The van der Waals surface area contributed by atoms with Crippen molar-refractivity contribution in [1.82, 2.24) is 4.90 Å². The molecule has 0 radical (unpaired) electrons. The van der Waals surface area contributed by atoms with Crippen molar-refractivity contribution in [2.45, 2.75) is 19.8 Å². The lowest BCUT2D eigenvalue weighted by molar-refractivity contribution is -0.116. The molecule has 0 bridgehead atoms. The van der Waals surface area contributed by atoms with E-state index in [9.17, 15) is 4.79 Å². The molecule has 24 heavy (non-hydrogen) atoms. The van der Waals surface area contributed by atoms with Crippen LogP contribution in [0.3, 0.4) is 0 Å². The maximum absolute atomic E-state index is 12.0. The largest absolute Gasteiger partial charge is 0.466 e. The van der Waals surface area contributed by atoms with E-state index in [0.717, 1.165) is 43.4 Å². The van der Waals surface area contributed by atoms with Gasteiger partial charge in [-0.15, -0.1) is 0 Å². The highest BCUT2D eigenvalue weighted by Crippen LogP contribution is 2.19. The minimum absolute atomic E-state index is 0.0106. The SMILES string of the molecule is Cc1ccc(CCC(=O)Nc2ccc(N3CCN(C)CC3)cc2)o1. The zero-order valence-electron chi connectivity index (χ0n) is 14.4. The van der Waals surface area contributed by atoms with Crippen molar-refractivity contribution in [2.24, 2.45) is 0 Å². The molecule has 0 atom stereocenters. The molecule has 5 heteroatoms. The molecule has 5 nitrogen and oxygen atoms in total. The van der Waals surface area contributed by atoms with Gasteiger partial charge in [-0.2, -0.15) is 0 Å². The Hall–Kier alpha value is -2.27. The van der Waals surface area contributed by atoms with Crippen molar-refractivity contribution in [3.63, 3.8) is 0 Å². The summed E-state index contributed by atoms with van der Waals surface area (Å²) >= 11 is 0. The van der Waals surface area contributed by atoms with Gasteiger partial charge in [0.25, 0.3) is 0 Å². The molecule has 0 unspecified atom stereocenters. The Morgan fingerprint density at radius 1 is 1.08 bits per heavy atom. The van der Waals surface area contributed by atoms with Gasteiger partial charge in [-0.25, -0.2) is 0 Å². The first-order valence-electron chi connectivity index (χ1n) is 8.49. The van der Waals surface area contributed by atoms with E-state index in [4.69, 9.17) is 4.42 Å². The average molecular weight is 327 g/mol. The van der Waals surface area contributed by atoms with Crippen LogP contribution in [0.5, 0.6) is 0 Å². The number of furan rings is 1. The van der Waals surface area contributed by atoms with Crippen LogP contribution in [0.4, 0.5) is 11.4 Å². The number of carbonyl (C=O) groups excluding carboxylic acids is 1. The van der Waals surface area contributed by atoms with Gasteiger partial charge in [0.15, 0.2) is 0 Å². The van der Waals surface area contributed by atoms with Crippen LogP contribution in [0.15, 0.2) is 40.8 Å². The monoisotopic (exact) mass is 327 g/mol. The number of nitrogens with one attached hydrogen (secondary N) is 1. The Labute approximate surface area is 143 Å². The van der Waals surface area contributed by atoms with Crippen LogP contribution in [0.25, 0.3) is 0 Å². The summed E-state index contributed by atoms with van der Waals surface area (Å²) in [6.07, 6.45) is 1.05. The van der Waals surface area contributed by atoms with E-state index in [1.54, 1.807) is 0 Å². The van der Waals surface area contributed by atoms with Crippen molar-refractivity contribution in [1.29, 1.82) is 0 Å². The summed E-state index contributed by atoms with van der Waals surface area (Å²) in [7, 11) is 2.15. The lowest BCUT2D eigenvalue weighted by Crippen LogP contribution is -2.44. The van der Waals surface area contributed by atoms with Gasteiger partial charge in [-0.3, -0.25) is 4.79 Å². The topological polar surface area (TPSA) is 48.7 Å². The van der Waals surface area contributed by atoms with Gasteiger partial charge >= 0.3 is 0 Å². The molecule has 3 rings (SSSR count). The number of piperazine rings is 1. The second-order valence-electron chi connectivity index (χ2n) is 6.40. The molecule has 1 aliphatic heterocycles. The third-order valence-corrected chi connectivity index (χ3v) is 4.41. The van der Waals surface area contributed by atoms with Crippen molar-refractivity contribution in [3.8, 4) is 0 Å². The molecule has 1 amide bonds. The summed E-state index contributed by atoms with van der Waals surface area (Å²) in [6.45, 7) is 6.18. The lowest BCUT2D eigenvalue weighted by atomic mass is 10.2. The van der Waals surface area contributed by atoms with E-state index >= 15 is 0 Å². The van der Waals surface area contributed by atoms with E-state index in [0.29, 0.717) is 12.8 Å². The molecule has 0 aliphatic carbocycles. The smallest absolute Gasteiger partial charge is 0.224 e. The van der Waals surface area contributed by atoms with Crippen LogP contribution in [-0.4, -0.2) is 44.0 Å². The summed E-state index contributed by atoms with van der Waals surface area (Å²) in [6, 6.07) is 12.0. The van der Waals surface area contributed by atoms with E-state index < -0.39 is 0 Å². The number of benzene rings is 1. The fraction of sp³-hybridized carbons (Fsp3) is 0.421. The van der Waals surface area contributed by atoms with Crippen LogP contribution >= 0.6 is 0 Å². The Morgan fingerprint density at radius 3 is 2.42 bits per heavy atom. The first-order chi connectivity index (χ1) is 11.6. The van der Waals surface area contributed by atoms with Crippen molar-refractivity contribution in [3.05, 3.63) is 47.9 Å². The van der Waals surface area contributed by atoms with Gasteiger partial charge in [0.05, 0.1) is 0 Å². The highest BCUT2D eigenvalue weighted by molar-refractivity contribution is 5.91. The van der Waals surface area contributed by atoms with Crippen molar-refractivity contribution >= 4 is 17.3 Å². The second kappa shape index (κ2) is 7.53. The number of nitrogens with zero attached hydrogens (tertiary/aromatic N) is 2. The molecule has 1 aliphatic rings. The maximum Gasteiger partial charge on any atom is 0.224 e. The van der Waals surface area contributed by atoms with Crippen LogP contribution in [0, 0.1) is 6.92 Å². The molecular formula is C19H25N3O2. The van der Waals surface area contributed by atoms with Crippen molar-refractivity contribution in [2.75, 3.05) is 43.4 Å². The zero-order valence-corrected chi connectivity index (χ0v) is 14.4. The third kappa shape index (κ3) is 4.38. The first kappa shape index (κ1) is 16.6. The van der Waals surface area contributed by atoms with E-state index in [1.165, 1.54) is 5.69 Å². The fourth-order valence-electron chi connectivity index (χ4n) is 2.90. The molecule has 128 valence electrons. The Balaban J connectivity index is 1.49. The summed E-state index contributed by atoms with van der Waals surface area (Å²) in [5.74, 6) is 1.74. The summed E-state index contributed by atoms with van der Waals surface area (Å²) in [5.41, 5.74) is 2.06. The number of aryl methyl sites for hydroxylation is 2. The summed E-state index contributed by atoms with van der Waals surface area (Å²) < 4.78 is 5.49. The second-order valence-corrected chi connectivity index (χ2v) is 6.40. The Kier molecular flexibility index (Phi) is 5.20. The number of anilines is 2. The van der Waals surface area contributed by atoms with Crippen molar-refractivity contribution < 1.29 is 9.21 Å². The van der Waals surface area contributed by atoms with Gasteiger partial charge in [0.1, 0.15) is 11.5 Å². The molecule has 0 saturated carbocycles. The summed E-state index contributed by atoms with van der Waals surface area (Å²) in [5, 5.41) is 2.95. The van der Waals surface area contributed by atoms with Gasteiger partial charge in [0.2, 0.25) is 5.91 Å². The fourth-order valence-corrected chi connectivity index (χ4v) is 2.90. The molecular weight excluding hydrogens is 302 g/mol. The van der Waals surface area contributed by atoms with Crippen LogP contribution < -0.4 is 10.2 Å². The number of amides is 1. The molecule has 2 heterocycles. The van der Waals surface area contributed by atoms with Gasteiger partial charge in [0, 0.05) is 50.4 Å². The van der Waals surface area contributed by atoms with Crippen LogP contribution in [0.2, 0.25) is 0 Å². The van der Waals surface area contributed by atoms with Crippen LogP contribution in [-0.2, 0) is 11.2 Å². The van der Waals surface area contributed by atoms with Gasteiger partial charge in [-0.1, -0.05) is 0 Å². The predicted octanol–water partition coefficient (Wildman–Crippen LogP) is 2.91. The molecule has 1 aromatic heterocycles. The highest BCUT2D eigenvalue weighted by Gasteiger charge is 2.14. The quantitative estimate of drug-likeness (QED) is 0.917. The van der Waals surface area contributed by atoms with Crippen LogP contribution in [0.1, 0.15) is 17.9 Å². The maximum atomic E-state index is 12.0. The molecule has 0 spiro atoms. The van der Waals surface area contributed by atoms with Gasteiger partial charge in [-0.05, 0) is 50.4 Å². The summed E-state index contributed by atoms with van der Waals surface area (Å²) in [4.78, 5) is 16.8. The Morgan fingerprint density at radius 2 is 1.79 bits per heavy atom. The third-order valence-electron chi connectivity index (χ3n) is 4.41. The number of rotatable bonds is 5. The Bertz CT molecular complexity index is 670. The minimum Gasteiger partial charge on any atom is -0.466 e. The standard InChI is InChI=1S/C19H25N3O2/c1-15-3-8-18(24-15)9-10-19(23)20-16-4-6-17(7-5-16)22-13-11-21(2)12-14-22/h3-8H,9-14H2,1-2H3,(H,20,23). The highest BCUT2D eigenvalue weighted by atomic mass is 16.3.